The fourth-order valence-electron chi connectivity index (χ4n) is 2.54. The van der Waals surface area contributed by atoms with Crippen LogP contribution in [0.5, 0.6) is 0 Å². The maximum atomic E-state index is 12.4. The molecule has 2 aromatic rings. The van der Waals surface area contributed by atoms with Gasteiger partial charge in [-0.05, 0) is 51.0 Å². The minimum Gasteiger partial charge on any atom is -0.350 e. The zero-order chi connectivity index (χ0) is 17.7. The first kappa shape index (κ1) is 17.7. The molecule has 0 saturated carbocycles. The Balaban J connectivity index is 2.13. The SMILES string of the molecule is Cc1ccc(CC(=O)Nc2ccccc2C(=O)NC(C)C)c(C)c1. The lowest BCUT2D eigenvalue weighted by molar-refractivity contribution is -0.115. The molecule has 0 radical (unpaired) electrons. The lowest BCUT2D eigenvalue weighted by Crippen LogP contribution is -2.31. The zero-order valence-electron chi connectivity index (χ0n) is 14.6. The molecule has 0 fully saturated rings. The molecule has 0 bridgehead atoms. The maximum Gasteiger partial charge on any atom is 0.253 e. The predicted molar refractivity (Wildman–Crippen MR) is 97.3 cm³/mol. The highest BCUT2D eigenvalue weighted by molar-refractivity contribution is 6.04. The molecule has 126 valence electrons. The summed E-state index contributed by atoms with van der Waals surface area (Å²) in [5.74, 6) is -0.320. The van der Waals surface area contributed by atoms with Crippen molar-refractivity contribution in [1.29, 1.82) is 0 Å². The zero-order valence-corrected chi connectivity index (χ0v) is 14.6. The molecular weight excluding hydrogens is 300 g/mol. The van der Waals surface area contributed by atoms with Crippen molar-refractivity contribution in [2.24, 2.45) is 0 Å². The number of nitrogens with one attached hydrogen (secondary N) is 2. The smallest absolute Gasteiger partial charge is 0.253 e. The first-order valence-electron chi connectivity index (χ1n) is 8.12. The Morgan fingerprint density at radius 1 is 1.04 bits per heavy atom. The Labute approximate surface area is 143 Å². The number of para-hydroxylation sites is 1. The molecule has 0 aliphatic rings. The van der Waals surface area contributed by atoms with Crippen molar-refractivity contribution in [2.45, 2.75) is 40.2 Å². The first-order chi connectivity index (χ1) is 11.4. The third-order valence-electron chi connectivity index (χ3n) is 3.71. The largest absolute Gasteiger partial charge is 0.350 e. The van der Waals surface area contributed by atoms with E-state index in [1.54, 1.807) is 24.3 Å². The number of anilines is 1. The van der Waals surface area contributed by atoms with Crippen molar-refractivity contribution < 1.29 is 9.59 Å². The van der Waals surface area contributed by atoms with Crippen LogP contribution in [-0.4, -0.2) is 17.9 Å². The van der Waals surface area contributed by atoms with Gasteiger partial charge in [0, 0.05) is 6.04 Å². The van der Waals surface area contributed by atoms with Crippen LogP contribution in [0.2, 0.25) is 0 Å². The summed E-state index contributed by atoms with van der Waals surface area (Å²) >= 11 is 0. The van der Waals surface area contributed by atoms with Gasteiger partial charge in [-0.1, -0.05) is 35.9 Å². The Morgan fingerprint density at radius 3 is 2.42 bits per heavy atom. The van der Waals surface area contributed by atoms with Gasteiger partial charge in [0.15, 0.2) is 0 Å². The molecule has 0 heterocycles. The quantitative estimate of drug-likeness (QED) is 0.882. The highest BCUT2D eigenvalue weighted by Gasteiger charge is 2.14. The van der Waals surface area contributed by atoms with E-state index in [0.717, 1.165) is 11.1 Å². The molecular formula is C20H24N2O2. The van der Waals surface area contributed by atoms with Crippen LogP contribution < -0.4 is 10.6 Å². The molecule has 0 saturated heterocycles. The fraction of sp³-hybridized carbons (Fsp3) is 0.300. The Kier molecular flexibility index (Phi) is 5.74. The van der Waals surface area contributed by atoms with Crippen LogP contribution in [0, 0.1) is 13.8 Å². The number of aryl methyl sites for hydroxylation is 2. The van der Waals surface area contributed by atoms with Gasteiger partial charge in [0.2, 0.25) is 5.91 Å². The lowest BCUT2D eigenvalue weighted by atomic mass is 10.0. The Morgan fingerprint density at radius 2 is 1.75 bits per heavy atom. The number of carbonyl (C=O) groups excluding carboxylic acids is 2. The van der Waals surface area contributed by atoms with E-state index in [0.29, 0.717) is 11.3 Å². The molecule has 0 aliphatic carbocycles. The number of hydrogen-bond acceptors (Lipinski definition) is 2. The summed E-state index contributed by atoms with van der Waals surface area (Å²) in [6.07, 6.45) is 0.284. The minimum atomic E-state index is -0.188. The molecule has 4 nitrogen and oxygen atoms in total. The number of rotatable bonds is 5. The normalized spacial score (nSPS) is 10.5. The summed E-state index contributed by atoms with van der Waals surface area (Å²) in [5.41, 5.74) is 4.26. The van der Waals surface area contributed by atoms with Crippen LogP contribution in [0.1, 0.15) is 40.9 Å². The molecule has 2 amide bonds. The van der Waals surface area contributed by atoms with Gasteiger partial charge in [-0.3, -0.25) is 9.59 Å². The molecule has 24 heavy (non-hydrogen) atoms. The second-order valence-corrected chi connectivity index (χ2v) is 6.33. The number of carbonyl (C=O) groups is 2. The van der Waals surface area contributed by atoms with Gasteiger partial charge in [-0.25, -0.2) is 0 Å². The van der Waals surface area contributed by atoms with Gasteiger partial charge in [0.25, 0.3) is 5.91 Å². The van der Waals surface area contributed by atoms with Crippen LogP contribution in [-0.2, 0) is 11.2 Å². The summed E-state index contributed by atoms with van der Waals surface area (Å²) in [6.45, 7) is 7.83. The monoisotopic (exact) mass is 324 g/mol. The van der Waals surface area contributed by atoms with Crippen LogP contribution in [0.15, 0.2) is 42.5 Å². The topological polar surface area (TPSA) is 58.2 Å². The molecule has 0 aliphatic heterocycles. The molecule has 0 aromatic heterocycles. The highest BCUT2D eigenvalue weighted by atomic mass is 16.2. The van der Waals surface area contributed by atoms with Crippen molar-refractivity contribution >= 4 is 17.5 Å². The van der Waals surface area contributed by atoms with Crippen LogP contribution in [0.4, 0.5) is 5.69 Å². The van der Waals surface area contributed by atoms with Crippen molar-refractivity contribution in [2.75, 3.05) is 5.32 Å². The molecule has 0 unspecified atom stereocenters. The van der Waals surface area contributed by atoms with Crippen LogP contribution >= 0.6 is 0 Å². The summed E-state index contributed by atoms with van der Waals surface area (Å²) in [6, 6.07) is 13.1. The number of hydrogen-bond donors (Lipinski definition) is 2. The van der Waals surface area contributed by atoms with Crippen molar-refractivity contribution in [1.82, 2.24) is 5.32 Å². The third kappa shape index (κ3) is 4.69. The van der Waals surface area contributed by atoms with E-state index in [9.17, 15) is 9.59 Å². The van der Waals surface area contributed by atoms with E-state index < -0.39 is 0 Å². The van der Waals surface area contributed by atoms with Gasteiger partial charge in [0.05, 0.1) is 17.7 Å². The standard InChI is InChI=1S/C20H24N2O2/c1-13(2)21-20(24)17-7-5-6-8-18(17)22-19(23)12-16-10-9-14(3)11-15(16)4/h5-11,13H,12H2,1-4H3,(H,21,24)(H,22,23). The van der Waals surface area contributed by atoms with Crippen LogP contribution in [0.25, 0.3) is 0 Å². The average molecular weight is 324 g/mol. The molecule has 2 rings (SSSR count). The number of benzene rings is 2. The second-order valence-electron chi connectivity index (χ2n) is 6.33. The summed E-state index contributed by atoms with van der Waals surface area (Å²) in [7, 11) is 0. The third-order valence-corrected chi connectivity index (χ3v) is 3.71. The van der Waals surface area contributed by atoms with Crippen molar-refractivity contribution in [3.63, 3.8) is 0 Å². The van der Waals surface area contributed by atoms with Crippen LogP contribution in [0.3, 0.4) is 0 Å². The first-order valence-corrected chi connectivity index (χ1v) is 8.12. The molecule has 0 atom stereocenters. The maximum absolute atomic E-state index is 12.4. The van der Waals surface area contributed by atoms with E-state index in [1.165, 1.54) is 5.56 Å². The lowest BCUT2D eigenvalue weighted by Gasteiger charge is -2.13. The van der Waals surface area contributed by atoms with E-state index in [1.807, 2.05) is 39.8 Å². The highest BCUT2D eigenvalue weighted by Crippen LogP contribution is 2.17. The summed E-state index contributed by atoms with van der Waals surface area (Å²) in [4.78, 5) is 24.6. The predicted octanol–water partition coefficient (Wildman–Crippen LogP) is 3.62. The summed E-state index contributed by atoms with van der Waals surface area (Å²) < 4.78 is 0. The van der Waals surface area contributed by atoms with E-state index >= 15 is 0 Å². The Hall–Kier alpha value is -2.62. The van der Waals surface area contributed by atoms with Crippen molar-refractivity contribution in [3.05, 3.63) is 64.7 Å². The minimum absolute atomic E-state index is 0.0384. The summed E-state index contributed by atoms with van der Waals surface area (Å²) in [5, 5.41) is 5.70. The van der Waals surface area contributed by atoms with Gasteiger partial charge < -0.3 is 10.6 Å². The van der Waals surface area contributed by atoms with Gasteiger partial charge >= 0.3 is 0 Å². The fourth-order valence-corrected chi connectivity index (χ4v) is 2.54. The van der Waals surface area contributed by atoms with E-state index in [-0.39, 0.29) is 24.3 Å². The van der Waals surface area contributed by atoms with E-state index in [4.69, 9.17) is 0 Å². The van der Waals surface area contributed by atoms with Gasteiger partial charge in [0.1, 0.15) is 0 Å². The van der Waals surface area contributed by atoms with Gasteiger partial charge in [-0.2, -0.15) is 0 Å². The van der Waals surface area contributed by atoms with Crippen molar-refractivity contribution in [3.8, 4) is 0 Å². The van der Waals surface area contributed by atoms with E-state index in [2.05, 4.69) is 16.7 Å². The molecule has 2 aromatic carbocycles. The molecule has 2 N–H and O–H groups in total. The molecule has 4 heteroatoms. The Bertz CT molecular complexity index is 751. The average Bonchev–Trinajstić information content (AvgIpc) is 2.50. The second kappa shape index (κ2) is 7.77. The van der Waals surface area contributed by atoms with Gasteiger partial charge in [-0.15, -0.1) is 0 Å². The molecule has 0 spiro atoms. The number of amides is 2.